The van der Waals surface area contributed by atoms with Crippen molar-refractivity contribution in [2.45, 2.75) is 26.3 Å². The first-order valence-electron chi connectivity index (χ1n) is 6.49. The third-order valence-electron chi connectivity index (χ3n) is 2.63. The monoisotopic (exact) mass is 305 g/mol. The minimum atomic E-state index is 0.562. The number of methoxy groups -OCH3 is 1. The molecule has 1 aromatic carbocycles. The summed E-state index contributed by atoms with van der Waals surface area (Å²) >= 11 is 12.2. The Balaban J connectivity index is 2.69. The number of nitrogens with one attached hydrogen (secondary N) is 1. The van der Waals surface area contributed by atoms with Gasteiger partial charge >= 0.3 is 0 Å². The molecule has 108 valence electrons. The van der Waals surface area contributed by atoms with E-state index >= 15 is 0 Å². The van der Waals surface area contributed by atoms with Gasteiger partial charge < -0.3 is 14.8 Å². The zero-order valence-corrected chi connectivity index (χ0v) is 13.0. The van der Waals surface area contributed by atoms with Gasteiger partial charge in [-0.15, -0.1) is 0 Å². The normalized spacial score (nSPS) is 10.7. The van der Waals surface area contributed by atoms with Crippen molar-refractivity contribution in [3.05, 3.63) is 27.7 Å². The van der Waals surface area contributed by atoms with E-state index in [0.717, 1.165) is 30.7 Å². The van der Waals surface area contributed by atoms with Crippen LogP contribution in [0.2, 0.25) is 10.0 Å². The number of rotatable bonds is 9. The van der Waals surface area contributed by atoms with E-state index in [1.165, 1.54) is 0 Å². The maximum absolute atomic E-state index is 6.19. The van der Waals surface area contributed by atoms with Gasteiger partial charge in [-0.3, -0.25) is 0 Å². The van der Waals surface area contributed by atoms with Gasteiger partial charge in [-0.25, -0.2) is 0 Å². The third kappa shape index (κ3) is 6.00. The summed E-state index contributed by atoms with van der Waals surface area (Å²) in [4.78, 5) is 0. The van der Waals surface area contributed by atoms with Crippen LogP contribution in [0.4, 0.5) is 0 Å². The molecule has 0 bridgehead atoms. The molecule has 0 heterocycles. The molecule has 19 heavy (non-hydrogen) atoms. The predicted octanol–water partition coefficient (Wildman–Crippen LogP) is 3.91. The molecular weight excluding hydrogens is 285 g/mol. The van der Waals surface area contributed by atoms with Crippen molar-refractivity contribution in [3.63, 3.8) is 0 Å². The van der Waals surface area contributed by atoms with E-state index in [1.54, 1.807) is 13.2 Å². The van der Waals surface area contributed by atoms with Crippen LogP contribution >= 0.6 is 23.2 Å². The van der Waals surface area contributed by atoms with Crippen molar-refractivity contribution in [1.29, 1.82) is 0 Å². The fourth-order valence-corrected chi connectivity index (χ4v) is 2.21. The summed E-state index contributed by atoms with van der Waals surface area (Å²) in [6, 6.07) is 3.59. The Labute approximate surface area is 125 Å². The van der Waals surface area contributed by atoms with Crippen molar-refractivity contribution in [3.8, 4) is 5.75 Å². The second-order valence-electron chi connectivity index (χ2n) is 4.25. The summed E-state index contributed by atoms with van der Waals surface area (Å²) < 4.78 is 10.7. The van der Waals surface area contributed by atoms with Crippen LogP contribution in [0.3, 0.4) is 0 Å². The fourth-order valence-electron chi connectivity index (χ4n) is 1.62. The Bertz CT molecular complexity index is 386. The highest BCUT2D eigenvalue weighted by Gasteiger charge is 2.10. The highest BCUT2D eigenvalue weighted by molar-refractivity contribution is 6.35. The van der Waals surface area contributed by atoms with Gasteiger partial charge in [0.05, 0.1) is 18.2 Å². The van der Waals surface area contributed by atoms with Crippen LogP contribution in [0.15, 0.2) is 12.1 Å². The highest BCUT2D eigenvalue weighted by Crippen LogP contribution is 2.32. The molecular formula is C14H21Cl2NO2. The van der Waals surface area contributed by atoms with Crippen LogP contribution in [0.5, 0.6) is 5.75 Å². The molecule has 0 aromatic heterocycles. The molecule has 0 radical (unpaired) electrons. The summed E-state index contributed by atoms with van der Waals surface area (Å²) in [5, 5.41) is 4.45. The lowest BCUT2D eigenvalue weighted by Crippen LogP contribution is -2.19. The van der Waals surface area contributed by atoms with E-state index in [0.29, 0.717) is 29.8 Å². The van der Waals surface area contributed by atoms with Crippen molar-refractivity contribution < 1.29 is 9.47 Å². The van der Waals surface area contributed by atoms with Crippen molar-refractivity contribution in [2.75, 3.05) is 26.9 Å². The van der Waals surface area contributed by atoms with Crippen molar-refractivity contribution >= 4 is 23.2 Å². The van der Waals surface area contributed by atoms with Crippen LogP contribution in [-0.4, -0.2) is 26.9 Å². The molecule has 0 atom stereocenters. The van der Waals surface area contributed by atoms with Crippen LogP contribution in [0, 0.1) is 0 Å². The first kappa shape index (κ1) is 16.6. The first-order valence-corrected chi connectivity index (χ1v) is 7.25. The number of hydrogen-bond donors (Lipinski definition) is 1. The van der Waals surface area contributed by atoms with Gasteiger partial charge in [-0.1, -0.05) is 36.5 Å². The summed E-state index contributed by atoms with van der Waals surface area (Å²) in [5.41, 5.74) is 0.977. The second-order valence-corrected chi connectivity index (χ2v) is 5.09. The van der Waals surface area contributed by atoms with Crippen molar-refractivity contribution in [2.24, 2.45) is 0 Å². The Morgan fingerprint density at radius 3 is 2.68 bits per heavy atom. The van der Waals surface area contributed by atoms with Crippen LogP contribution in [0.1, 0.15) is 25.3 Å². The summed E-state index contributed by atoms with van der Waals surface area (Å²) in [7, 11) is 1.68. The maximum atomic E-state index is 6.19. The highest BCUT2D eigenvalue weighted by atomic mass is 35.5. The van der Waals surface area contributed by atoms with Gasteiger partial charge in [-0.05, 0) is 18.6 Å². The number of benzene rings is 1. The molecule has 0 saturated heterocycles. The Morgan fingerprint density at radius 2 is 2.00 bits per heavy atom. The molecule has 3 nitrogen and oxygen atoms in total. The van der Waals surface area contributed by atoms with Crippen LogP contribution in [-0.2, 0) is 11.3 Å². The summed E-state index contributed by atoms with van der Waals surface area (Å²) in [6.07, 6.45) is 2.10. The van der Waals surface area contributed by atoms with Gasteiger partial charge in [-0.2, -0.15) is 0 Å². The largest absolute Gasteiger partial charge is 0.492 e. The molecule has 0 fully saturated rings. The van der Waals surface area contributed by atoms with Crippen molar-refractivity contribution in [1.82, 2.24) is 5.32 Å². The molecule has 0 saturated carbocycles. The average Bonchev–Trinajstić information content (AvgIpc) is 2.37. The summed E-state index contributed by atoms with van der Waals surface area (Å²) in [6.45, 7) is 4.89. The minimum Gasteiger partial charge on any atom is -0.492 e. The predicted molar refractivity (Wildman–Crippen MR) is 80.4 cm³/mol. The molecule has 0 aliphatic carbocycles. The van der Waals surface area contributed by atoms with Gasteiger partial charge in [0.1, 0.15) is 5.75 Å². The Kier molecular flexibility index (Phi) is 8.22. The molecule has 0 aliphatic rings. The molecule has 1 aromatic rings. The number of unbranched alkanes of at least 4 members (excludes halogenated alkanes) is 1. The number of hydrogen-bond acceptors (Lipinski definition) is 3. The van der Waals surface area contributed by atoms with E-state index in [-0.39, 0.29) is 0 Å². The van der Waals surface area contributed by atoms with E-state index in [2.05, 4.69) is 12.2 Å². The van der Waals surface area contributed by atoms with E-state index < -0.39 is 0 Å². The number of ether oxygens (including phenoxy) is 2. The standard InChI is InChI=1S/C14H21Cl2NO2/c1-3-4-6-19-14-11(10-17-5-7-18-2)8-12(15)9-13(14)16/h8-9,17H,3-7,10H2,1-2H3. The lowest BCUT2D eigenvalue weighted by molar-refractivity contribution is 0.199. The van der Waals surface area contributed by atoms with Gasteiger partial charge in [0.2, 0.25) is 0 Å². The lowest BCUT2D eigenvalue weighted by Gasteiger charge is -2.14. The Morgan fingerprint density at radius 1 is 1.21 bits per heavy atom. The average molecular weight is 306 g/mol. The van der Waals surface area contributed by atoms with Crippen LogP contribution in [0.25, 0.3) is 0 Å². The maximum Gasteiger partial charge on any atom is 0.142 e. The SMILES string of the molecule is CCCCOc1c(Cl)cc(Cl)cc1CNCCOC. The quantitative estimate of drug-likeness (QED) is 0.702. The molecule has 5 heteroatoms. The fraction of sp³-hybridized carbons (Fsp3) is 0.571. The minimum absolute atomic E-state index is 0.562. The Hall–Kier alpha value is -0.480. The molecule has 1 N–H and O–H groups in total. The van der Waals surface area contributed by atoms with E-state index in [9.17, 15) is 0 Å². The lowest BCUT2D eigenvalue weighted by atomic mass is 10.2. The van der Waals surface area contributed by atoms with Crippen LogP contribution < -0.4 is 10.1 Å². The zero-order chi connectivity index (χ0) is 14.1. The molecule has 1 rings (SSSR count). The topological polar surface area (TPSA) is 30.5 Å². The first-order chi connectivity index (χ1) is 9.19. The third-order valence-corrected chi connectivity index (χ3v) is 3.13. The second kappa shape index (κ2) is 9.43. The molecule has 0 amide bonds. The molecule has 0 aliphatic heterocycles. The zero-order valence-electron chi connectivity index (χ0n) is 11.5. The molecule has 0 spiro atoms. The summed E-state index contributed by atoms with van der Waals surface area (Å²) in [5.74, 6) is 0.726. The smallest absolute Gasteiger partial charge is 0.142 e. The number of halogens is 2. The van der Waals surface area contributed by atoms with Gasteiger partial charge in [0, 0.05) is 30.8 Å². The van der Waals surface area contributed by atoms with E-state index in [1.807, 2.05) is 6.07 Å². The molecule has 0 unspecified atom stereocenters. The van der Waals surface area contributed by atoms with Gasteiger partial charge in [0.15, 0.2) is 0 Å². The van der Waals surface area contributed by atoms with E-state index in [4.69, 9.17) is 32.7 Å². The van der Waals surface area contributed by atoms with Gasteiger partial charge in [0.25, 0.3) is 0 Å².